The maximum Gasteiger partial charge on any atom is 0.317 e. The van der Waals surface area contributed by atoms with Gasteiger partial charge in [0, 0.05) is 38.2 Å². The molecule has 1 aliphatic heterocycles. The van der Waals surface area contributed by atoms with Crippen LogP contribution < -0.4 is 5.32 Å². The quantitative estimate of drug-likeness (QED) is 0.563. The van der Waals surface area contributed by atoms with Gasteiger partial charge in [0.25, 0.3) is 0 Å². The van der Waals surface area contributed by atoms with Crippen LogP contribution >= 0.6 is 11.3 Å². The van der Waals surface area contributed by atoms with Crippen LogP contribution in [0.1, 0.15) is 48.2 Å². The van der Waals surface area contributed by atoms with Crippen molar-refractivity contribution in [2.45, 2.75) is 38.6 Å². The fourth-order valence-electron chi connectivity index (χ4n) is 3.97. The van der Waals surface area contributed by atoms with Gasteiger partial charge in [0.05, 0.1) is 6.04 Å². The molecule has 1 N–H and O–H groups in total. The van der Waals surface area contributed by atoms with E-state index in [0.717, 1.165) is 24.8 Å². The number of nitrogens with zero attached hydrogens (tertiary/aromatic N) is 2. The second-order valence-corrected chi connectivity index (χ2v) is 8.80. The summed E-state index contributed by atoms with van der Waals surface area (Å²) in [7, 11) is 1.65. The number of rotatable bonds is 10. The van der Waals surface area contributed by atoms with Crippen molar-refractivity contribution < 1.29 is 14.3 Å². The van der Waals surface area contributed by atoms with E-state index >= 15 is 0 Å². The SMILES string of the molecule is CCCCNC(=O)N(CCCOC)CC(=O)N1CCc2sccc2C1c1ccccc1. The summed E-state index contributed by atoms with van der Waals surface area (Å²) >= 11 is 1.75. The zero-order valence-corrected chi connectivity index (χ0v) is 19.3. The van der Waals surface area contributed by atoms with Gasteiger partial charge in [0.1, 0.15) is 6.54 Å². The number of amides is 3. The number of nitrogens with one attached hydrogen (secondary N) is 1. The van der Waals surface area contributed by atoms with Gasteiger partial charge < -0.3 is 19.9 Å². The first-order chi connectivity index (χ1) is 15.2. The van der Waals surface area contributed by atoms with Crippen molar-refractivity contribution in [3.05, 3.63) is 57.8 Å². The van der Waals surface area contributed by atoms with E-state index in [1.807, 2.05) is 23.1 Å². The molecular formula is C24H33N3O3S. The van der Waals surface area contributed by atoms with E-state index in [1.165, 1.54) is 10.4 Å². The summed E-state index contributed by atoms with van der Waals surface area (Å²) in [4.78, 5) is 31.1. The van der Waals surface area contributed by atoms with Gasteiger partial charge in [0.2, 0.25) is 5.91 Å². The van der Waals surface area contributed by atoms with E-state index in [0.29, 0.717) is 32.7 Å². The van der Waals surface area contributed by atoms with Crippen LogP contribution in [-0.2, 0) is 16.0 Å². The largest absolute Gasteiger partial charge is 0.385 e. The van der Waals surface area contributed by atoms with Crippen LogP contribution in [0.15, 0.2) is 41.8 Å². The van der Waals surface area contributed by atoms with Gasteiger partial charge in [-0.3, -0.25) is 4.79 Å². The Kier molecular flexibility index (Phi) is 8.91. The average Bonchev–Trinajstić information content (AvgIpc) is 3.27. The summed E-state index contributed by atoms with van der Waals surface area (Å²) < 4.78 is 5.14. The highest BCUT2D eigenvalue weighted by Gasteiger charge is 2.33. The molecule has 3 rings (SSSR count). The van der Waals surface area contributed by atoms with Gasteiger partial charge in [-0.25, -0.2) is 4.79 Å². The third-order valence-electron chi connectivity index (χ3n) is 5.60. The fraction of sp³-hybridized carbons (Fsp3) is 0.500. The van der Waals surface area contributed by atoms with Gasteiger partial charge in [-0.05, 0) is 41.8 Å². The van der Waals surface area contributed by atoms with Crippen molar-refractivity contribution in [2.24, 2.45) is 0 Å². The number of hydrogen-bond donors (Lipinski definition) is 1. The fourth-order valence-corrected chi connectivity index (χ4v) is 4.87. The predicted octanol–water partition coefficient (Wildman–Crippen LogP) is 4.07. The van der Waals surface area contributed by atoms with Crippen molar-refractivity contribution in [3.8, 4) is 0 Å². The smallest absolute Gasteiger partial charge is 0.317 e. The van der Waals surface area contributed by atoms with E-state index in [-0.39, 0.29) is 24.5 Å². The minimum absolute atomic E-state index is 0.0197. The summed E-state index contributed by atoms with van der Waals surface area (Å²) in [6, 6.07) is 12.0. The van der Waals surface area contributed by atoms with Gasteiger partial charge in [-0.2, -0.15) is 0 Å². The molecule has 0 saturated heterocycles. The lowest BCUT2D eigenvalue weighted by Crippen LogP contribution is -2.49. The predicted molar refractivity (Wildman–Crippen MR) is 124 cm³/mol. The topological polar surface area (TPSA) is 61.9 Å². The summed E-state index contributed by atoms with van der Waals surface area (Å²) in [6.07, 6.45) is 3.49. The Morgan fingerprint density at radius 2 is 2.03 bits per heavy atom. The summed E-state index contributed by atoms with van der Waals surface area (Å²) in [5.41, 5.74) is 2.31. The number of fused-ring (bicyclic) bond motifs is 1. The Balaban J connectivity index is 1.76. The van der Waals surface area contributed by atoms with Crippen LogP contribution in [-0.4, -0.2) is 61.6 Å². The van der Waals surface area contributed by atoms with E-state index in [9.17, 15) is 9.59 Å². The van der Waals surface area contributed by atoms with Crippen LogP contribution in [0.2, 0.25) is 0 Å². The lowest BCUT2D eigenvalue weighted by Gasteiger charge is -2.37. The van der Waals surface area contributed by atoms with Crippen molar-refractivity contribution in [3.63, 3.8) is 0 Å². The Bertz CT molecular complexity index is 840. The highest BCUT2D eigenvalue weighted by molar-refractivity contribution is 7.10. The van der Waals surface area contributed by atoms with Crippen LogP contribution in [0, 0.1) is 0 Å². The first kappa shape index (κ1) is 23.3. The monoisotopic (exact) mass is 443 g/mol. The molecule has 6 nitrogen and oxygen atoms in total. The minimum Gasteiger partial charge on any atom is -0.385 e. The second-order valence-electron chi connectivity index (χ2n) is 7.80. The third-order valence-corrected chi connectivity index (χ3v) is 6.59. The molecule has 1 atom stereocenters. The second kappa shape index (κ2) is 11.9. The molecule has 0 spiro atoms. The molecule has 0 radical (unpaired) electrons. The van der Waals surface area contributed by atoms with Gasteiger partial charge in [0.15, 0.2) is 0 Å². The lowest BCUT2D eigenvalue weighted by atomic mass is 9.93. The number of benzene rings is 1. The van der Waals surface area contributed by atoms with E-state index in [1.54, 1.807) is 23.3 Å². The van der Waals surface area contributed by atoms with Crippen LogP contribution in [0.4, 0.5) is 4.79 Å². The van der Waals surface area contributed by atoms with Gasteiger partial charge in [-0.1, -0.05) is 43.7 Å². The number of ether oxygens (including phenoxy) is 1. The van der Waals surface area contributed by atoms with Crippen LogP contribution in [0.3, 0.4) is 0 Å². The van der Waals surface area contributed by atoms with Gasteiger partial charge in [-0.15, -0.1) is 11.3 Å². The lowest BCUT2D eigenvalue weighted by molar-refractivity contribution is -0.134. The molecule has 0 aliphatic carbocycles. The molecule has 0 saturated carbocycles. The number of carbonyl (C=O) groups excluding carboxylic acids is 2. The molecule has 168 valence electrons. The molecule has 0 fully saturated rings. The highest BCUT2D eigenvalue weighted by Crippen LogP contribution is 2.37. The van der Waals surface area contributed by atoms with Crippen LogP contribution in [0.5, 0.6) is 0 Å². The third kappa shape index (κ3) is 6.08. The summed E-state index contributed by atoms with van der Waals surface area (Å²) in [5, 5.41) is 5.05. The average molecular weight is 444 g/mol. The normalized spacial score (nSPS) is 15.4. The molecule has 1 aromatic carbocycles. The van der Waals surface area contributed by atoms with Crippen molar-refractivity contribution in [1.82, 2.24) is 15.1 Å². The Morgan fingerprint density at radius 3 is 2.77 bits per heavy atom. The first-order valence-electron chi connectivity index (χ1n) is 11.1. The Labute approximate surface area is 189 Å². The number of unbranched alkanes of at least 4 members (excludes halogenated alkanes) is 1. The standard InChI is InChI=1S/C24H33N3O3S/c1-3-4-13-25-24(29)26(14-8-16-30-2)18-22(28)27-15-11-21-20(12-17-31-21)23(27)19-9-6-5-7-10-19/h5-7,9-10,12,17,23H,3-4,8,11,13-16,18H2,1-2H3,(H,25,29). The maximum absolute atomic E-state index is 13.5. The van der Waals surface area contributed by atoms with E-state index < -0.39 is 0 Å². The number of urea groups is 1. The molecule has 7 heteroatoms. The zero-order valence-electron chi connectivity index (χ0n) is 18.5. The van der Waals surface area contributed by atoms with Gasteiger partial charge >= 0.3 is 6.03 Å². The number of methoxy groups -OCH3 is 1. The molecule has 2 aromatic rings. The Hall–Kier alpha value is -2.38. The first-order valence-corrected chi connectivity index (χ1v) is 12.0. The molecule has 0 bridgehead atoms. The van der Waals surface area contributed by atoms with Crippen molar-refractivity contribution in [2.75, 3.05) is 39.9 Å². The zero-order chi connectivity index (χ0) is 22.1. The molecule has 2 heterocycles. The molecule has 31 heavy (non-hydrogen) atoms. The minimum atomic E-state index is -0.178. The van der Waals surface area contributed by atoms with E-state index in [4.69, 9.17) is 4.74 Å². The Morgan fingerprint density at radius 1 is 1.23 bits per heavy atom. The van der Waals surface area contributed by atoms with Crippen LogP contribution in [0.25, 0.3) is 0 Å². The summed E-state index contributed by atoms with van der Waals surface area (Å²) in [5.74, 6) is -0.0197. The number of carbonyl (C=O) groups is 2. The molecule has 1 unspecified atom stereocenters. The maximum atomic E-state index is 13.5. The van der Waals surface area contributed by atoms with Crippen molar-refractivity contribution in [1.29, 1.82) is 0 Å². The molecular weight excluding hydrogens is 410 g/mol. The molecule has 3 amide bonds. The van der Waals surface area contributed by atoms with Crippen molar-refractivity contribution >= 4 is 23.3 Å². The number of hydrogen-bond acceptors (Lipinski definition) is 4. The molecule has 1 aromatic heterocycles. The summed E-state index contributed by atoms with van der Waals surface area (Å²) in [6.45, 7) is 4.50. The van der Waals surface area contributed by atoms with E-state index in [2.05, 4.69) is 35.8 Å². The highest BCUT2D eigenvalue weighted by atomic mass is 32.1. The number of thiophene rings is 1. The molecule has 1 aliphatic rings.